The highest BCUT2D eigenvalue weighted by atomic mass is 35.5. The van der Waals surface area contributed by atoms with Crippen LogP contribution in [-0.2, 0) is 9.59 Å². The minimum absolute atomic E-state index is 0.0984. The smallest absolute Gasteiger partial charge is 0.272 e. The second kappa shape index (κ2) is 8.07. The predicted octanol–water partition coefficient (Wildman–Crippen LogP) is 4.62. The van der Waals surface area contributed by atoms with Crippen LogP contribution < -0.4 is 4.90 Å². The summed E-state index contributed by atoms with van der Waals surface area (Å²) in [4.78, 5) is 27.6. The van der Waals surface area contributed by atoms with Crippen LogP contribution in [0.2, 0.25) is 10.0 Å². The molecule has 0 radical (unpaired) electrons. The first-order chi connectivity index (χ1) is 12.8. The standard InChI is InChI=1S/C20H17Cl2NO3S/c1-11-3-4-13(7-12(11)2)17-18(27-6-5-24)20(26)23(19(17)25)16-9-14(21)8-15(22)10-16/h3-4,7-10,24H,5-6H2,1-2H3. The van der Waals surface area contributed by atoms with Gasteiger partial charge in [0.1, 0.15) is 0 Å². The maximum absolute atomic E-state index is 13.2. The molecular weight excluding hydrogens is 405 g/mol. The average Bonchev–Trinajstić information content (AvgIpc) is 2.84. The van der Waals surface area contributed by atoms with E-state index in [2.05, 4.69) is 0 Å². The predicted molar refractivity (Wildman–Crippen MR) is 111 cm³/mol. The van der Waals surface area contributed by atoms with Crippen LogP contribution in [0.15, 0.2) is 41.3 Å². The lowest BCUT2D eigenvalue weighted by molar-refractivity contribution is -0.119. The fraction of sp³-hybridized carbons (Fsp3) is 0.200. The van der Waals surface area contributed by atoms with Crippen LogP contribution in [0.1, 0.15) is 16.7 Å². The Labute approximate surface area is 171 Å². The van der Waals surface area contributed by atoms with Gasteiger partial charge in [0.2, 0.25) is 0 Å². The van der Waals surface area contributed by atoms with E-state index >= 15 is 0 Å². The van der Waals surface area contributed by atoms with Gasteiger partial charge < -0.3 is 5.11 Å². The van der Waals surface area contributed by atoms with E-state index in [-0.39, 0.29) is 6.61 Å². The van der Waals surface area contributed by atoms with Crippen molar-refractivity contribution >= 4 is 58.0 Å². The van der Waals surface area contributed by atoms with Gasteiger partial charge in [-0.25, -0.2) is 4.90 Å². The number of aliphatic hydroxyl groups excluding tert-OH is 1. The Kier molecular flexibility index (Phi) is 5.96. The second-order valence-electron chi connectivity index (χ2n) is 6.15. The number of thioether (sulfide) groups is 1. The van der Waals surface area contributed by atoms with Crippen molar-refractivity contribution in [3.63, 3.8) is 0 Å². The number of benzene rings is 2. The zero-order valence-corrected chi connectivity index (χ0v) is 17.1. The summed E-state index contributed by atoms with van der Waals surface area (Å²) in [5.41, 5.74) is 3.45. The Balaban J connectivity index is 2.12. The molecule has 0 saturated heterocycles. The largest absolute Gasteiger partial charge is 0.396 e. The Morgan fingerprint density at radius 2 is 1.63 bits per heavy atom. The highest BCUT2D eigenvalue weighted by molar-refractivity contribution is 8.04. The lowest BCUT2D eigenvalue weighted by Gasteiger charge is -2.16. The number of imide groups is 1. The fourth-order valence-corrected chi connectivity index (χ4v) is 4.22. The van der Waals surface area contributed by atoms with Gasteiger partial charge in [-0.05, 0) is 48.7 Å². The van der Waals surface area contributed by atoms with Crippen LogP contribution >= 0.6 is 35.0 Å². The number of aliphatic hydroxyl groups is 1. The fourth-order valence-electron chi connectivity index (χ4n) is 2.85. The monoisotopic (exact) mass is 421 g/mol. The van der Waals surface area contributed by atoms with Gasteiger partial charge in [-0.1, -0.05) is 41.4 Å². The molecule has 0 aliphatic carbocycles. The van der Waals surface area contributed by atoms with Crippen LogP contribution in [0.4, 0.5) is 5.69 Å². The molecule has 7 heteroatoms. The summed E-state index contributed by atoms with van der Waals surface area (Å²) in [5.74, 6) is -0.556. The summed E-state index contributed by atoms with van der Waals surface area (Å²) >= 11 is 13.3. The summed E-state index contributed by atoms with van der Waals surface area (Å²) in [6, 6.07) is 10.2. The molecule has 27 heavy (non-hydrogen) atoms. The van der Waals surface area contributed by atoms with Crippen molar-refractivity contribution in [3.05, 3.63) is 68.0 Å². The van der Waals surface area contributed by atoms with Gasteiger partial charge >= 0.3 is 0 Å². The van der Waals surface area contributed by atoms with Crippen LogP contribution in [0, 0.1) is 13.8 Å². The van der Waals surface area contributed by atoms with Crippen molar-refractivity contribution < 1.29 is 14.7 Å². The summed E-state index contributed by atoms with van der Waals surface area (Å²) in [7, 11) is 0. The minimum atomic E-state index is -0.440. The third-order valence-electron chi connectivity index (χ3n) is 4.28. The van der Waals surface area contributed by atoms with Crippen LogP contribution in [0.3, 0.4) is 0 Å². The maximum Gasteiger partial charge on any atom is 0.272 e. The molecule has 4 nitrogen and oxygen atoms in total. The Hall–Kier alpha value is -1.79. The average molecular weight is 422 g/mol. The van der Waals surface area contributed by atoms with E-state index in [0.717, 1.165) is 16.0 Å². The lowest BCUT2D eigenvalue weighted by atomic mass is 10.0. The van der Waals surface area contributed by atoms with Gasteiger partial charge in [-0.2, -0.15) is 0 Å². The van der Waals surface area contributed by atoms with E-state index in [0.29, 0.717) is 37.5 Å². The van der Waals surface area contributed by atoms with Crippen LogP contribution in [-0.4, -0.2) is 29.3 Å². The van der Waals surface area contributed by atoms with Gasteiger partial charge in [0.05, 0.1) is 22.8 Å². The van der Waals surface area contributed by atoms with Gasteiger partial charge in [0.25, 0.3) is 11.8 Å². The molecule has 0 spiro atoms. The van der Waals surface area contributed by atoms with E-state index in [1.54, 1.807) is 0 Å². The van der Waals surface area contributed by atoms with Gasteiger partial charge in [-0.15, -0.1) is 11.8 Å². The zero-order valence-electron chi connectivity index (χ0n) is 14.8. The first-order valence-electron chi connectivity index (χ1n) is 8.24. The van der Waals surface area contributed by atoms with Crippen molar-refractivity contribution in [1.82, 2.24) is 0 Å². The van der Waals surface area contributed by atoms with E-state index in [1.807, 2.05) is 32.0 Å². The van der Waals surface area contributed by atoms with E-state index in [9.17, 15) is 14.7 Å². The molecule has 2 aromatic carbocycles. The molecular formula is C20H17Cl2NO3S. The Morgan fingerprint density at radius 3 is 2.22 bits per heavy atom. The number of nitrogens with zero attached hydrogens (tertiary/aromatic N) is 1. The SMILES string of the molecule is Cc1ccc(C2=C(SCCO)C(=O)N(c3cc(Cl)cc(Cl)c3)C2=O)cc1C. The van der Waals surface area contributed by atoms with Gasteiger partial charge in [-0.3, -0.25) is 9.59 Å². The Bertz CT molecular complexity index is 951. The molecule has 0 atom stereocenters. The molecule has 0 saturated carbocycles. The third-order valence-corrected chi connectivity index (χ3v) is 5.77. The topological polar surface area (TPSA) is 57.6 Å². The highest BCUT2D eigenvalue weighted by Gasteiger charge is 2.40. The summed E-state index contributed by atoms with van der Waals surface area (Å²) in [5, 5.41) is 9.85. The number of aryl methyl sites for hydroxylation is 2. The van der Waals surface area contributed by atoms with Gasteiger partial charge in [0.15, 0.2) is 0 Å². The Morgan fingerprint density at radius 1 is 0.963 bits per heavy atom. The number of amides is 2. The lowest BCUT2D eigenvalue weighted by Crippen LogP contribution is -2.31. The number of rotatable bonds is 5. The molecule has 0 unspecified atom stereocenters. The van der Waals surface area contributed by atoms with Crippen LogP contribution in [0.25, 0.3) is 5.57 Å². The number of anilines is 1. The molecule has 140 valence electrons. The second-order valence-corrected chi connectivity index (χ2v) is 8.13. The summed E-state index contributed by atoms with van der Waals surface area (Å²) in [6.45, 7) is 3.84. The molecule has 1 aliphatic rings. The maximum atomic E-state index is 13.2. The molecule has 0 aromatic heterocycles. The molecule has 1 heterocycles. The van der Waals surface area contributed by atoms with E-state index < -0.39 is 11.8 Å². The number of carbonyl (C=O) groups excluding carboxylic acids is 2. The highest BCUT2D eigenvalue weighted by Crippen LogP contribution is 2.39. The third kappa shape index (κ3) is 3.92. The van der Waals surface area contributed by atoms with Crippen molar-refractivity contribution in [3.8, 4) is 0 Å². The summed E-state index contributed by atoms with van der Waals surface area (Å²) in [6.07, 6.45) is 0. The normalized spacial score (nSPS) is 14.5. The van der Waals surface area contributed by atoms with Crippen LogP contribution in [0.5, 0.6) is 0 Å². The molecule has 0 fully saturated rings. The number of halogens is 2. The molecule has 1 aliphatic heterocycles. The zero-order chi connectivity index (χ0) is 19.7. The van der Waals surface area contributed by atoms with Crippen molar-refractivity contribution in [2.45, 2.75) is 13.8 Å². The number of hydrogen-bond acceptors (Lipinski definition) is 4. The minimum Gasteiger partial charge on any atom is -0.396 e. The van der Waals surface area contributed by atoms with Crippen molar-refractivity contribution in [1.29, 1.82) is 0 Å². The van der Waals surface area contributed by atoms with E-state index in [1.165, 1.54) is 30.0 Å². The molecule has 3 rings (SSSR count). The van der Waals surface area contributed by atoms with Crippen molar-refractivity contribution in [2.24, 2.45) is 0 Å². The van der Waals surface area contributed by atoms with Gasteiger partial charge in [0, 0.05) is 15.8 Å². The number of hydrogen-bond donors (Lipinski definition) is 1. The molecule has 1 N–H and O–H groups in total. The quantitative estimate of drug-likeness (QED) is 0.715. The number of carbonyl (C=O) groups is 2. The molecule has 0 bridgehead atoms. The van der Waals surface area contributed by atoms with E-state index in [4.69, 9.17) is 23.2 Å². The molecule has 2 aromatic rings. The van der Waals surface area contributed by atoms with Crippen molar-refractivity contribution in [2.75, 3.05) is 17.3 Å². The summed E-state index contributed by atoms with van der Waals surface area (Å²) < 4.78 is 0. The molecule has 2 amide bonds. The first kappa shape index (κ1) is 20.0. The first-order valence-corrected chi connectivity index (χ1v) is 9.98.